The smallest absolute Gasteiger partial charge is 0.263 e. The van der Waals surface area contributed by atoms with E-state index in [2.05, 4.69) is 5.32 Å². The Hall–Kier alpha value is -1.83. The lowest BCUT2D eigenvalue weighted by molar-refractivity contribution is -0.147. The average Bonchev–Trinajstić information content (AvgIpc) is 2.69. The summed E-state index contributed by atoms with van der Waals surface area (Å²) < 4.78 is 11.5. The van der Waals surface area contributed by atoms with E-state index >= 15 is 0 Å². The number of carbonyl (C=O) groups is 2. The van der Waals surface area contributed by atoms with Gasteiger partial charge in [0.2, 0.25) is 5.91 Å². The number of amides is 2. The predicted molar refractivity (Wildman–Crippen MR) is 114 cm³/mol. The maximum Gasteiger partial charge on any atom is 0.263 e. The first kappa shape index (κ1) is 23.4. The largest absolute Gasteiger partial charge is 0.481 e. The molecular weight excluding hydrogens is 394 g/mol. The molecular formula is C21H32ClN3O4. The lowest BCUT2D eigenvalue weighted by atomic mass is 10.1. The summed E-state index contributed by atoms with van der Waals surface area (Å²) in [7, 11) is 0. The van der Waals surface area contributed by atoms with Crippen LogP contribution in [0.4, 0.5) is 0 Å². The first-order valence-electron chi connectivity index (χ1n) is 10.0. The number of morpholine rings is 1. The lowest BCUT2D eigenvalue weighted by Crippen LogP contribution is -2.60. The van der Waals surface area contributed by atoms with Gasteiger partial charge in [-0.25, -0.2) is 0 Å². The highest BCUT2D eigenvalue weighted by molar-refractivity contribution is 5.85. The van der Waals surface area contributed by atoms with Crippen molar-refractivity contribution in [3.05, 3.63) is 29.3 Å². The van der Waals surface area contributed by atoms with E-state index in [9.17, 15) is 9.59 Å². The van der Waals surface area contributed by atoms with Gasteiger partial charge in [0, 0.05) is 32.7 Å². The number of nitrogens with one attached hydrogen (secondary N) is 1. The molecule has 0 aliphatic carbocycles. The molecule has 162 valence electrons. The van der Waals surface area contributed by atoms with Crippen molar-refractivity contribution >= 4 is 24.2 Å². The zero-order chi connectivity index (χ0) is 20.3. The van der Waals surface area contributed by atoms with E-state index in [4.69, 9.17) is 9.47 Å². The zero-order valence-corrected chi connectivity index (χ0v) is 18.5. The molecule has 2 fully saturated rings. The Morgan fingerprint density at radius 2 is 1.83 bits per heavy atom. The molecule has 29 heavy (non-hydrogen) atoms. The first-order valence-corrected chi connectivity index (χ1v) is 10.0. The van der Waals surface area contributed by atoms with Crippen LogP contribution in [0, 0.1) is 13.8 Å². The van der Waals surface area contributed by atoms with Crippen LogP contribution in [0.15, 0.2) is 18.2 Å². The molecule has 7 nitrogen and oxygen atoms in total. The van der Waals surface area contributed by atoms with Crippen LogP contribution in [0.5, 0.6) is 5.75 Å². The highest BCUT2D eigenvalue weighted by Crippen LogP contribution is 2.21. The van der Waals surface area contributed by atoms with Crippen LogP contribution in [0.1, 0.15) is 25.0 Å². The quantitative estimate of drug-likeness (QED) is 0.792. The summed E-state index contributed by atoms with van der Waals surface area (Å²) in [5.41, 5.74) is 2.18. The molecule has 2 amide bonds. The first-order chi connectivity index (χ1) is 13.4. The normalized spacial score (nSPS) is 23.2. The highest BCUT2D eigenvalue weighted by Gasteiger charge is 2.34. The molecule has 3 rings (SSSR count). The van der Waals surface area contributed by atoms with E-state index in [1.54, 1.807) is 11.8 Å². The summed E-state index contributed by atoms with van der Waals surface area (Å²) in [4.78, 5) is 29.1. The summed E-state index contributed by atoms with van der Waals surface area (Å²) >= 11 is 0. The molecule has 2 heterocycles. The molecule has 1 N–H and O–H groups in total. The van der Waals surface area contributed by atoms with Crippen LogP contribution >= 0.6 is 12.4 Å². The average molecular weight is 426 g/mol. The molecule has 0 saturated carbocycles. The van der Waals surface area contributed by atoms with Gasteiger partial charge in [-0.3, -0.25) is 9.59 Å². The SMILES string of the molecule is Cc1ccc(OC(C)C(=O)N2CCN(C(=O)[C@H]3NCCO[C@@H]3C)CC2)c(C)c1.Cl. The molecule has 1 unspecified atom stereocenters. The van der Waals surface area contributed by atoms with Crippen LogP contribution in [-0.4, -0.2) is 79.2 Å². The number of carbonyl (C=O) groups excluding carboxylic acids is 2. The van der Waals surface area contributed by atoms with Crippen molar-refractivity contribution in [2.75, 3.05) is 39.3 Å². The van der Waals surface area contributed by atoms with Gasteiger partial charge < -0.3 is 24.6 Å². The third-order valence-electron chi connectivity index (χ3n) is 5.47. The number of benzene rings is 1. The summed E-state index contributed by atoms with van der Waals surface area (Å²) in [5, 5.41) is 3.24. The summed E-state index contributed by atoms with van der Waals surface area (Å²) in [6, 6.07) is 5.63. The molecule has 0 spiro atoms. The molecule has 0 aromatic heterocycles. The topological polar surface area (TPSA) is 71.1 Å². The van der Waals surface area contributed by atoms with Crippen molar-refractivity contribution in [1.29, 1.82) is 0 Å². The Labute approximate surface area is 179 Å². The molecule has 0 radical (unpaired) electrons. The van der Waals surface area contributed by atoms with Crippen LogP contribution < -0.4 is 10.1 Å². The Kier molecular flexibility index (Phi) is 8.31. The minimum Gasteiger partial charge on any atom is -0.481 e. The number of aryl methyl sites for hydroxylation is 2. The van der Waals surface area contributed by atoms with E-state index in [0.29, 0.717) is 39.3 Å². The molecule has 1 aromatic rings. The van der Waals surface area contributed by atoms with Crippen molar-refractivity contribution in [2.45, 2.75) is 45.9 Å². The second-order valence-corrected chi connectivity index (χ2v) is 7.69. The van der Waals surface area contributed by atoms with Crippen molar-refractivity contribution in [1.82, 2.24) is 15.1 Å². The fourth-order valence-electron chi connectivity index (χ4n) is 3.78. The zero-order valence-electron chi connectivity index (χ0n) is 17.6. The number of ether oxygens (including phenoxy) is 2. The molecule has 2 saturated heterocycles. The molecule has 2 aliphatic rings. The molecule has 2 aliphatic heterocycles. The van der Waals surface area contributed by atoms with Crippen LogP contribution in [0.25, 0.3) is 0 Å². The highest BCUT2D eigenvalue weighted by atomic mass is 35.5. The summed E-state index contributed by atoms with van der Waals surface area (Å²) in [6.07, 6.45) is -0.691. The number of hydrogen-bond acceptors (Lipinski definition) is 5. The Balaban J connectivity index is 0.00000300. The lowest BCUT2D eigenvalue weighted by Gasteiger charge is -2.39. The van der Waals surface area contributed by atoms with Gasteiger partial charge in [-0.05, 0) is 39.3 Å². The van der Waals surface area contributed by atoms with Gasteiger partial charge in [0.15, 0.2) is 6.10 Å². The summed E-state index contributed by atoms with van der Waals surface area (Å²) in [6.45, 7) is 11.1. The van der Waals surface area contributed by atoms with E-state index in [1.807, 2.05) is 43.9 Å². The fraction of sp³-hybridized carbons (Fsp3) is 0.619. The minimum atomic E-state index is -0.558. The Morgan fingerprint density at radius 1 is 1.17 bits per heavy atom. The van der Waals surface area contributed by atoms with E-state index in [0.717, 1.165) is 16.9 Å². The standard InChI is InChI=1S/C21H31N3O4.ClH/c1-14-5-6-18(15(2)13-14)28-17(4)20(25)23-8-10-24(11-9-23)21(26)19-16(3)27-12-7-22-19;/h5-6,13,16-17,19,22H,7-12H2,1-4H3;1H/t16-,17?,19+;/m1./s1. The number of hydrogen-bond donors (Lipinski definition) is 1. The number of halogens is 1. The van der Waals surface area contributed by atoms with Crippen molar-refractivity contribution in [3.8, 4) is 5.75 Å². The van der Waals surface area contributed by atoms with Crippen molar-refractivity contribution in [3.63, 3.8) is 0 Å². The Bertz CT molecular complexity index is 722. The van der Waals surface area contributed by atoms with E-state index < -0.39 is 6.10 Å². The van der Waals surface area contributed by atoms with Crippen LogP contribution in [-0.2, 0) is 14.3 Å². The number of nitrogens with zero attached hydrogens (tertiary/aromatic N) is 2. The Morgan fingerprint density at radius 3 is 2.45 bits per heavy atom. The second-order valence-electron chi connectivity index (χ2n) is 7.69. The van der Waals surface area contributed by atoms with Crippen LogP contribution in [0.2, 0.25) is 0 Å². The fourth-order valence-corrected chi connectivity index (χ4v) is 3.78. The van der Waals surface area contributed by atoms with Crippen molar-refractivity contribution in [2.24, 2.45) is 0 Å². The third kappa shape index (κ3) is 5.62. The van der Waals surface area contributed by atoms with E-state index in [-0.39, 0.29) is 36.4 Å². The van der Waals surface area contributed by atoms with Gasteiger partial charge in [0.05, 0.1) is 12.7 Å². The van der Waals surface area contributed by atoms with Crippen LogP contribution in [0.3, 0.4) is 0 Å². The molecule has 8 heteroatoms. The van der Waals surface area contributed by atoms with Crippen molar-refractivity contribution < 1.29 is 19.1 Å². The van der Waals surface area contributed by atoms with E-state index in [1.165, 1.54) is 0 Å². The molecule has 0 bridgehead atoms. The summed E-state index contributed by atoms with van der Waals surface area (Å²) in [5.74, 6) is 0.746. The maximum absolute atomic E-state index is 12.8. The van der Waals surface area contributed by atoms with Gasteiger partial charge in [0.25, 0.3) is 5.91 Å². The van der Waals surface area contributed by atoms with Gasteiger partial charge in [-0.1, -0.05) is 17.7 Å². The van der Waals surface area contributed by atoms with Gasteiger partial charge in [0.1, 0.15) is 11.8 Å². The molecule has 3 atom stereocenters. The maximum atomic E-state index is 12.8. The van der Waals surface area contributed by atoms with Gasteiger partial charge in [-0.2, -0.15) is 0 Å². The molecule has 1 aromatic carbocycles. The second kappa shape index (κ2) is 10.3. The third-order valence-corrected chi connectivity index (χ3v) is 5.47. The number of rotatable bonds is 4. The van der Waals surface area contributed by atoms with Gasteiger partial charge >= 0.3 is 0 Å². The minimum absolute atomic E-state index is 0. The van der Waals surface area contributed by atoms with Gasteiger partial charge in [-0.15, -0.1) is 12.4 Å². The number of piperazine rings is 1. The predicted octanol–water partition coefficient (Wildman–Crippen LogP) is 1.54. The monoisotopic (exact) mass is 425 g/mol.